The van der Waals surface area contributed by atoms with Crippen LogP contribution in [0.5, 0.6) is 11.5 Å². The monoisotopic (exact) mass is 485 g/mol. The number of fused-ring (bicyclic) bond motifs is 3. The number of hydrogen-bond donors (Lipinski definition) is 1. The largest absolute Gasteiger partial charge is 0.493 e. The van der Waals surface area contributed by atoms with Crippen molar-refractivity contribution >= 4 is 45.0 Å². The number of carbonyl (C=O) groups excluding carboxylic acids is 1. The molecule has 0 aliphatic rings. The van der Waals surface area contributed by atoms with Crippen LogP contribution < -0.4 is 24.9 Å². The van der Waals surface area contributed by atoms with Crippen LogP contribution in [-0.2, 0) is 4.79 Å². The van der Waals surface area contributed by atoms with E-state index in [9.17, 15) is 9.59 Å². The maximum Gasteiger partial charge on any atom is 0.274 e. The Hall–Kier alpha value is -4.17. The Kier molecular flexibility index (Phi) is 5.96. The molecule has 35 heavy (non-hydrogen) atoms. The first-order chi connectivity index (χ1) is 16.9. The molecular formula is C27H23N3O4S. The zero-order valence-corrected chi connectivity index (χ0v) is 20.3. The molecular weight excluding hydrogens is 462 g/mol. The molecule has 8 heteroatoms. The molecule has 2 heterocycles. The number of aromatic nitrogens is 2. The number of methoxy groups -OCH3 is 1. The molecule has 0 radical (unpaired) electrons. The molecule has 1 N–H and O–H groups in total. The zero-order valence-electron chi connectivity index (χ0n) is 19.5. The van der Waals surface area contributed by atoms with Crippen LogP contribution in [0.25, 0.3) is 22.1 Å². The molecule has 1 amide bonds. The summed E-state index contributed by atoms with van der Waals surface area (Å²) >= 11 is 1.35. The van der Waals surface area contributed by atoms with Crippen molar-refractivity contribution in [1.29, 1.82) is 0 Å². The first kappa shape index (κ1) is 22.6. The standard InChI is InChI=1S/C27H23N3O4S/c1-16-11-20-21(12-17(16)2)30-26(32)24(35-27(30)29-20)14-18-9-10-22(23(13-18)33-3)34-15-25(31)28-19-7-5-4-6-8-19/h4-14H,15H2,1-3H3,(H,28,31)/b24-14-. The highest BCUT2D eigenvalue weighted by molar-refractivity contribution is 7.15. The lowest BCUT2D eigenvalue weighted by molar-refractivity contribution is -0.118. The van der Waals surface area contributed by atoms with Gasteiger partial charge >= 0.3 is 0 Å². The second-order valence-electron chi connectivity index (χ2n) is 8.18. The molecule has 2 aromatic heterocycles. The van der Waals surface area contributed by atoms with Crippen molar-refractivity contribution in [1.82, 2.24) is 9.38 Å². The fourth-order valence-corrected chi connectivity index (χ4v) is 4.81. The molecule has 0 aliphatic carbocycles. The van der Waals surface area contributed by atoms with Crippen LogP contribution in [0.2, 0.25) is 0 Å². The Morgan fingerprint density at radius 3 is 2.60 bits per heavy atom. The summed E-state index contributed by atoms with van der Waals surface area (Å²) in [7, 11) is 1.53. The second kappa shape index (κ2) is 9.23. The molecule has 5 rings (SSSR count). The fourth-order valence-electron chi connectivity index (χ4n) is 3.83. The number of ether oxygens (including phenoxy) is 2. The van der Waals surface area contributed by atoms with Crippen LogP contribution in [0.15, 0.2) is 65.5 Å². The van der Waals surface area contributed by atoms with E-state index in [-0.39, 0.29) is 18.1 Å². The SMILES string of the molecule is COc1cc(/C=c2\sc3nc4cc(C)c(C)cc4n3c2=O)ccc1OCC(=O)Nc1ccccc1. The predicted octanol–water partition coefficient (Wildman–Crippen LogP) is 4.10. The number of rotatable bonds is 6. The Balaban J connectivity index is 1.40. The zero-order chi connectivity index (χ0) is 24.5. The van der Waals surface area contributed by atoms with Gasteiger partial charge in [0.25, 0.3) is 11.5 Å². The van der Waals surface area contributed by atoms with E-state index >= 15 is 0 Å². The minimum absolute atomic E-state index is 0.104. The summed E-state index contributed by atoms with van der Waals surface area (Å²) in [4.78, 5) is 30.7. The van der Waals surface area contributed by atoms with E-state index in [1.807, 2.05) is 56.3 Å². The Morgan fingerprint density at radius 1 is 1.06 bits per heavy atom. The molecule has 0 bridgehead atoms. The topological polar surface area (TPSA) is 81.9 Å². The molecule has 3 aromatic carbocycles. The summed E-state index contributed by atoms with van der Waals surface area (Å²) in [6.45, 7) is 3.91. The summed E-state index contributed by atoms with van der Waals surface area (Å²) in [6, 6.07) is 18.5. The number of nitrogens with zero attached hydrogens (tertiary/aromatic N) is 2. The number of amides is 1. The highest BCUT2D eigenvalue weighted by Gasteiger charge is 2.13. The third kappa shape index (κ3) is 4.48. The first-order valence-electron chi connectivity index (χ1n) is 11.0. The van der Waals surface area contributed by atoms with Crippen molar-refractivity contribution in [3.8, 4) is 11.5 Å². The van der Waals surface area contributed by atoms with Crippen LogP contribution in [0.3, 0.4) is 0 Å². The lowest BCUT2D eigenvalue weighted by Crippen LogP contribution is -2.22. The van der Waals surface area contributed by atoms with Gasteiger partial charge in [0.2, 0.25) is 0 Å². The molecule has 176 valence electrons. The number of benzene rings is 3. The Labute approximate surface area is 205 Å². The van der Waals surface area contributed by atoms with E-state index in [0.717, 1.165) is 27.7 Å². The summed E-state index contributed by atoms with van der Waals surface area (Å²) in [5.41, 5.74) is 5.28. The maximum atomic E-state index is 13.2. The summed E-state index contributed by atoms with van der Waals surface area (Å²) < 4.78 is 13.4. The smallest absolute Gasteiger partial charge is 0.274 e. The minimum Gasteiger partial charge on any atom is -0.493 e. The van der Waals surface area contributed by atoms with Crippen molar-refractivity contribution in [3.05, 3.63) is 92.2 Å². The van der Waals surface area contributed by atoms with E-state index in [2.05, 4.69) is 10.3 Å². The first-order valence-corrected chi connectivity index (χ1v) is 11.8. The van der Waals surface area contributed by atoms with Gasteiger partial charge in [-0.2, -0.15) is 0 Å². The van der Waals surface area contributed by atoms with Gasteiger partial charge in [0.05, 0.1) is 22.7 Å². The van der Waals surface area contributed by atoms with Gasteiger partial charge in [0.1, 0.15) is 0 Å². The molecule has 0 fully saturated rings. The predicted molar refractivity (Wildman–Crippen MR) is 139 cm³/mol. The molecule has 0 aliphatic heterocycles. The number of anilines is 1. The van der Waals surface area contributed by atoms with Crippen LogP contribution in [0.4, 0.5) is 5.69 Å². The third-order valence-corrected chi connectivity index (χ3v) is 6.72. The van der Waals surface area contributed by atoms with Gasteiger partial charge in [-0.05, 0) is 73.0 Å². The van der Waals surface area contributed by atoms with E-state index in [1.54, 1.807) is 28.7 Å². The van der Waals surface area contributed by atoms with Crippen LogP contribution in [0, 0.1) is 13.8 Å². The number of thiazole rings is 1. The average Bonchev–Trinajstić information content (AvgIpc) is 3.34. The van der Waals surface area contributed by atoms with Crippen molar-refractivity contribution in [2.75, 3.05) is 19.0 Å². The van der Waals surface area contributed by atoms with Gasteiger partial charge in [-0.3, -0.25) is 9.59 Å². The minimum atomic E-state index is -0.274. The van der Waals surface area contributed by atoms with Crippen molar-refractivity contribution in [3.63, 3.8) is 0 Å². The van der Waals surface area contributed by atoms with E-state index in [4.69, 9.17) is 9.47 Å². The summed E-state index contributed by atoms with van der Waals surface area (Å²) in [5, 5.41) is 2.78. The Bertz CT molecular complexity index is 1670. The highest BCUT2D eigenvalue weighted by Crippen LogP contribution is 2.28. The van der Waals surface area contributed by atoms with E-state index in [0.29, 0.717) is 26.7 Å². The normalized spacial score (nSPS) is 11.8. The van der Waals surface area contributed by atoms with E-state index in [1.165, 1.54) is 18.4 Å². The van der Waals surface area contributed by atoms with Gasteiger partial charge in [0, 0.05) is 5.69 Å². The highest BCUT2D eigenvalue weighted by atomic mass is 32.1. The number of nitrogens with one attached hydrogen (secondary N) is 1. The van der Waals surface area contributed by atoms with Crippen molar-refractivity contribution in [2.45, 2.75) is 13.8 Å². The average molecular weight is 486 g/mol. The van der Waals surface area contributed by atoms with Crippen LogP contribution in [0.1, 0.15) is 16.7 Å². The van der Waals surface area contributed by atoms with Gasteiger partial charge in [0.15, 0.2) is 23.1 Å². The van der Waals surface area contributed by atoms with Crippen molar-refractivity contribution in [2.24, 2.45) is 0 Å². The number of para-hydroxylation sites is 1. The van der Waals surface area contributed by atoms with Crippen LogP contribution in [-0.4, -0.2) is 29.0 Å². The molecule has 0 atom stereocenters. The van der Waals surface area contributed by atoms with Gasteiger partial charge in [-0.25, -0.2) is 9.38 Å². The van der Waals surface area contributed by atoms with Crippen molar-refractivity contribution < 1.29 is 14.3 Å². The quantitative estimate of drug-likeness (QED) is 0.392. The number of imidazole rings is 1. The number of aryl methyl sites for hydroxylation is 2. The lowest BCUT2D eigenvalue weighted by atomic mass is 10.1. The summed E-state index contributed by atoms with van der Waals surface area (Å²) in [5.74, 6) is 0.633. The van der Waals surface area contributed by atoms with Gasteiger partial charge in [-0.1, -0.05) is 35.6 Å². The molecule has 0 unspecified atom stereocenters. The molecule has 7 nitrogen and oxygen atoms in total. The number of hydrogen-bond acceptors (Lipinski definition) is 6. The van der Waals surface area contributed by atoms with Crippen LogP contribution >= 0.6 is 11.3 Å². The lowest BCUT2D eigenvalue weighted by Gasteiger charge is -2.11. The molecule has 0 saturated carbocycles. The van der Waals surface area contributed by atoms with Gasteiger partial charge in [-0.15, -0.1) is 0 Å². The number of carbonyl (C=O) groups is 1. The molecule has 0 saturated heterocycles. The van der Waals surface area contributed by atoms with E-state index < -0.39 is 0 Å². The Morgan fingerprint density at radius 2 is 1.83 bits per heavy atom. The fraction of sp³-hybridized carbons (Fsp3) is 0.148. The summed E-state index contributed by atoms with van der Waals surface area (Å²) in [6.07, 6.45) is 1.81. The third-order valence-electron chi connectivity index (χ3n) is 5.76. The maximum absolute atomic E-state index is 13.2. The molecule has 5 aromatic rings. The van der Waals surface area contributed by atoms with Gasteiger partial charge < -0.3 is 14.8 Å². The second-order valence-corrected chi connectivity index (χ2v) is 9.19. The molecule has 0 spiro atoms.